The van der Waals surface area contributed by atoms with Crippen LogP contribution >= 0.6 is 0 Å². The molecule has 0 bridgehead atoms. The third-order valence-corrected chi connectivity index (χ3v) is 4.97. The van der Waals surface area contributed by atoms with Gasteiger partial charge in [-0.15, -0.1) is 0 Å². The summed E-state index contributed by atoms with van der Waals surface area (Å²) in [6, 6.07) is 22.0. The van der Waals surface area contributed by atoms with Crippen molar-refractivity contribution >= 4 is 34.0 Å². The zero-order valence-corrected chi connectivity index (χ0v) is 15.6. The van der Waals surface area contributed by atoms with Crippen molar-refractivity contribution in [2.24, 2.45) is 0 Å². The number of esters is 1. The molecule has 0 unspecified atom stereocenters. The topological polar surface area (TPSA) is 52.6 Å². The van der Waals surface area contributed by atoms with Gasteiger partial charge in [-0.1, -0.05) is 42.5 Å². The van der Waals surface area contributed by atoms with E-state index >= 15 is 0 Å². The summed E-state index contributed by atoms with van der Waals surface area (Å²) in [6.45, 7) is 1.99. The molecule has 0 spiro atoms. The molecule has 0 atom stereocenters. The minimum atomic E-state index is -0.634. The van der Waals surface area contributed by atoms with Gasteiger partial charge >= 0.3 is 12.4 Å². The van der Waals surface area contributed by atoms with Gasteiger partial charge in [0, 0.05) is 0 Å². The standard InChI is InChI=1S/C24H18O4/c1-15-3-4-20-12-18(8-10-22(20)23(15)24(26)28-14-25)16-5-6-19-13-21(27-2)9-7-17(19)11-16/h3-14H,1-2H3. The third-order valence-electron chi connectivity index (χ3n) is 4.97. The van der Waals surface area contributed by atoms with Crippen LogP contribution in [-0.2, 0) is 9.53 Å². The van der Waals surface area contributed by atoms with Crippen LogP contribution in [-0.4, -0.2) is 19.6 Å². The van der Waals surface area contributed by atoms with Crippen LogP contribution in [0.3, 0.4) is 0 Å². The fourth-order valence-electron chi connectivity index (χ4n) is 3.52. The smallest absolute Gasteiger partial charge is 0.346 e. The van der Waals surface area contributed by atoms with Crippen molar-refractivity contribution in [3.8, 4) is 16.9 Å². The van der Waals surface area contributed by atoms with E-state index in [1.807, 2.05) is 55.5 Å². The summed E-state index contributed by atoms with van der Waals surface area (Å²) < 4.78 is 9.85. The van der Waals surface area contributed by atoms with Crippen molar-refractivity contribution < 1.29 is 19.1 Å². The highest BCUT2D eigenvalue weighted by Gasteiger charge is 2.15. The molecule has 4 heteroatoms. The maximum atomic E-state index is 12.2. The summed E-state index contributed by atoms with van der Waals surface area (Å²) in [6.07, 6.45) is 0. The highest BCUT2D eigenvalue weighted by Crippen LogP contribution is 2.31. The maximum absolute atomic E-state index is 12.2. The van der Waals surface area contributed by atoms with Crippen LogP contribution in [0.1, 0.15) is 15.9 Å². The number of aryl methyl sites for hydroxylation is 1. The van der Waals surface area contributed by atoms with Crippen molar-refractivity contribution in [1.29, 1.82) is 0 Å². The number of benzene rings is 4. The molecule has 0 radical (unpaired) electrons. The lowest BCUT2D eigenvalue weighted by atomic mass is 9.95. The average molecular weight is 370 g/mol. The molecule has 4 rings (SSSR count). The largest absolute Gasteiger partial charge is 0.497 e. The highest BCUT2D eigenvalue weighted by molar-refractivity contribution is 6.08. The zero-order valence-electron chi connectivity index (χ0n) is 15.6. The lowest BCUT2D eigenvalue weighted by Crippen LogP contribution is -2.06. The predicted molar refractivity (Wildman–Crippen MR) is 110 cm³/mol. The number of carbonyl (C=O) groups excluding carboxylic acids is 2. The van der Waals surface area contributed by atoms with Crippen molar-refractivity contribution in [1.82, 2.24) is 0 Å². The molecule has 0 saturated heterocycles. The molecular weight excluding hydrogens is 352 g/mol. The molecule has 0 fully saturated rings. The van der Waals surface area contributed by atoms with Crippen LogP contribution in [0.5, 0.6) is 5.75 Å². The second kappa shape index (κ2) is 7.16. The first-order chi connectivity index (χ1) is 13.6. The molecule has 0 aromatic heterocycles. The lowest BCUT2D eigenvalue weighted by molar-refractivity contribution is -0.123. The molecule has 0 aliphatic rings. The predicted octanol–water partition coefficient (Wildman–Crippen LogP) is 5.29. The second-order valence-electron chi connectivity index (χ2n) is 6.62. The SMILES string of the molecule is COc1ccc2cc(-c3ccc4c(C(=O)OC=O)c(C)ccc4c3)ccc2c1. The number of rotatable bonds is 4. The fourth-order valence-corrected chi connectivity index (χ4v) is 3.52. The van der Waals surface area contributed by atoms with E-state index in [0.717, 1.165) is 44.0 Å². The molecular formula is C24H18O4. The Kier molecular flexibility index (Phi) is 4.53. The third kappa shape index (κ3) is 3.09. The van der Waals surface area contributed by atoms with E-state index in [4.69, 9.17) is 4.74 Å². The minimum Gasteiger partial charge on any atom is -0.497 e. The molecule has 0 saturated carbocycles. The van der Waals surface area contributed by atoms with Crippen LogP contribution in [0, 0.1) is 6.92 Å². The number of ether oxygens (including phenoxy) is 2. The van der Waals surface area contributed by atoms with Gasteiger partial charge < -0.3 is 9.47 Å². The summed E-state index contributed by atoms with van der Waals surface area (Å²) in [5, 5.41) is 3.91. The Morgan fingerprint density at radius 2 is 1.46 bits per heavy atom. The lowest BCUT2D eigenvalue weighted by Gasteiger charge is -2.10. The van der Waals surface area contributed by atoms with Gasteiger partial charge in [0.15, 0.2) is 0 Å². The van der Waals surface area contributed by atoms with Gasteiger partial charge in [-0.2, -0.15) is 0 Å². The quantitative estimate of drug-likeness (QED) is 0.278. The van der Waals surface area contributed by atoms with Crippen molar-refractivity contribution in [2.75, 3.05) is 7.11 Å². The molecule has 4 aromatic rings. The number of hydrogen-bond donors (Lipinski definition) is 0. The van der Waals surface area contributed by atoms with E-state index in [-0.39, 0.29) is 6.47 Å². The van der Waals surface area contributed by atoms with E-state index in [1.54, 1.807) is 7.11 Å². The van der Waals surface area contributed by atoms with Gasteiger partial charge in [-0.05, 0) is 69.4 Å². The molecule has 0 aliphatic heterocycles. The maximum Gasteiger partial charge on any atom is 0.346 e. The average Bonchev–Trinajstić information content (AvgIpc) is 2.72. The van der Waals surface area contributed by atoms with E-state index in [1.165, 1.54) is 0 Å². The van der Waals surface area contributed by atoms with Gasteiger partial charge in [0.1, 0.15) is 5.75 Å². The molecule has 0 heterocycles. The normalized spacial score (nSPS) is 10.8. The molecule has 0 N–H and O–H groups in total. The summed E-state index contributed by atoms with van der Waals surface area (Å²) in [5.74, 6) is 0.196. The molecule has 28 heavy (non-hydrogen) atoms. The van der Waals surface area contributed by atoms with Gasteiger partial charge in [-0.25, -0.2) is 4.79 Å². The fraction of sp³-hybridized carbons (Fsp3) is 0.0833. The Bertz CT molecular complexity index is 1220. The summed E-state index contributed by atoms with van der Waals surface area (Å²) in [7, 11) is 1.66. The Labute approximate surface area is 162 Å². The first-order valence-corrected chi connectivity index (χ1v) is 8.87. The van der Waals surface area contributed by atoms with Gasteiger partial charge in [0.05, 0.1) is 12.7 Å². The van der Waals surface area contributed by atoms with Gasteiger partial charge in [0.25, 0.3) is 0 Å². The molecule has 0 amide bonds. The first kappa shape index (κ1) is 17.7. The monoisotopic (exact) mass is 370 g/mol. The highest BCUT2D eigenvalue weighted by atomic mass is 16.6. The zero-order chi connectivity index (χ0) is 19.7. The van der Waals surface area contributed by atoms with E-state index in [0.29, 0.717) is 5.56 Å². The number of hydrogen-bond acceptors (Lipinski definition) is 4. The Balaban J connectivity index is 1.82. The van der Waals surface area contributed by atoms with E-state index in [9.17, 15) is 9.59 Å². The Hall–Kier alpha value is -3.66. The minimum absolute atomic E-state index is 0.166. The van der Waals surface area contributed by atoms with Gasteiger partial charge in [-0.3, -0.25) is 4.79 Å². The van der Waals surface area contributed by atoms with Crippen molar-refractivity contribution in [3.63, 3.8) is 0 Å². The van der Waals surface area contributed by atoms with E-state index in [2.05, 4.69) is 22.9 Å². The first-order valence-electron chi connectivity index (χ1n) is 8.87. The summed E-state index contributed by atoms with van der Waals surface area (Å²) >= 11 is 0. The molecule has 4 nitrogen and oxygen atoms in total. The number of fused-ring (bicyclic) bond motifs is 2. The number of carbonyl (C=O) groups is 2. The summed E-state index contributed by atoms with van der Waals surface area (Å²) in [5.41, 5.74) is 3.31. The van der Waals surface area contributed by atoms with Crippen LogP contribution in [0.2, 0.25) is 0 Å². The van der Waals surface area contributed by atoms with Crippen LogP contribution in [0.25, 0.3) is 32.7 Å². The van der Waals surface area contributed by atoms with E-state index < -0.39 is 5.97 Å². The van der Waals surface area contributed by atoms with Crippen molar-refractivity contribution in [2.45, 2.75) is 6.92 Å². The van der Waals surface area contributed by atoms with Crippen LogP contribution in [0.15, 0.2) is 66.7 Å². The van der Waals surface area contributed by atoms with Crippen LogP contribution < -0.4 is 4.74 Å². The second-order valence-corrected chi connectivity index (χ2v) is 6.62. The number of methoxy groups -OCH3 is 1. The molecule has 138 valence electrons. The Morgan fingerprint density at radius 3 is 2.21 bits per heavy atom. The van der Waals surface area contributed by atoms with Gasteiger partial charge in [0.2, 0.25) is 0 Å². The van der Waals surface area contributed by atoms with Crippen LogP contribution in [0.4, 0.5) is 0 Å². The molecule has 0 aliphatic carbocycles. The molecule has 4 aromatic carbocycles. The Morgan fingerprint density at radius 1 is 0.821 bits per heavy atom. The van der Waals surface area contributed by atoms with Crippen molar-refractivity contribution in [3.05, 3.63) is 77.9 Å². The summed E-state index contributed by atoms with van der Waals surface area (Å²) in [4.78, 5) is 22.7.